The zero-order valence-electron chi connectivity index (χ0n) is 14.0. The number of carbonyl (C=O) groups is 1. The lowest BCUT2D eigenvalue weighted by Gasteiger charge is -2.38. The maximum atomic E-state index is 14.3. The van der Waals surface area contributed by atoms with Gasteiger partial charge in [-0.15, -0.1) is 11.8 Å². The molecule has 2 heterocycles. The molecular weight excluding hydrogens is 370 g/mol. The molecule has 0 bridgehead atoms. The average Bonchev–Trinajstić information content (AvgIpc) is 3.02. The minimum Gasteiger partial charge on any atom is -0.366 e. The van der Waals surface area contributed by atoms with Gasteiger partial charge in [-0.3, -0.25) is 9.69 Å². The van der Waals surface area contributed by atoms with Gasteiger partial charge in [-0.2, -0.15) is 5.26 Å². The molecule has 1 saturated heterocycles. The molecule has 1 amide bonds. The highest BCUT2D eigenvalue weighted by molar-refractivity contribution is 8.03. The first-order valence-electron chi connectivity index (χ1n) is 8.28. The number of benzene rings is 2. The number of aliphatic hydroxyl groups is 1. The van der Waals surface area contributed by atoms with E-state index >= 15 is 0 Å². The summed E-state index contributed by atoms with van der Waals surface area (Å²) in [5, 5.41) is 21.2. The molecule has 0 spiro atoms. The van der Waals surface area contributed by atoms with E-state index in [1.54, 1.807) is 18.2 Å². The largest absolute Gasteiger partial charge is 0.366 e. The van der Waals surface area contributed by atoms with Gasteiger partial charge in [-0.1, -0.05) is 30.3 Å². The molecular formula is C20H14F2N2O2S. The molecule has 136 valence electrons. The van der Waals surface area contributed by atoms with Crippen molar-refractivity contribution in [2.45, 2.75) is 18.1 Å². The third kappa shape index (κ3) is 2.73. The number of allylic oxidation sites excluding steroid dienone is 1. The summed E-state index contributed by atoms with van der Waals surface area (Å²) in [4.78, 5) is 14.1. The third-order valence-electron chi connectivity index (χ3n) is 4.90. The van der Waals surface area contributed by atoms with Crippen molar-refractivity contribution in [3.05, 3.63) is 81.9 Å². The molecule has 0 unspecified atom stereocenters. The second-order valence-electron chi connectivity index (χ2n) is 6.45. The molecule has 7 heteroatoms. The van der Waals surface area contributed by atoms with E-state index in [0.717, 1.165) is 0 Å². The minimum atomic E-state index is -1.67. The Kier molecular flexibility index (Phi) is 4.25. The van der Waals surface area contributed by atoms with Gasteiger partial charge in [0.25, 0.3) is 0 Å². The molecule has 0 aliphatic carbocycles. The fraction of sp³-hybridized carbons (Fsp3) is 0.200. The molecule has 2 atom stereocenters. The molecule has 2 aromatic carbocycles. The Bertz CT molecular complexity index is 1000. The van der Waals surface area contributed by atoms with E-state index in [-0.39, 0.29) is 23.3 Å². The summed E-state index contributed by atoms with van der Waals surface area (Å²) in [7, 11) is 0. The molecule has 1 fully saturated rings. The predicted octanol–water partition coefficient (Wildman–Crippen LogP) is 3.61. The summed E-state index contributed by atoms with van der Waals surface area (Å²) in [6.07, 6.45) is -0.128. The first-order chi connectivity index (χ1) is 13.0. The summed E-state index contributed by atoms with van der Waals surface area (Å²) < 4.78 is 27.5. The van der Waals surface area contributed by atoms with Crippen LogP contribution >= 0.6 is 11.8 Å². The Morgan fingerprint density at radius 2 is 1.89 bits per heavy atom. The van der Waals surface area contributed by atoms with Crippen LogP contribution in [0.5, 0.6) is 0 Å². The number of hydrogen-bond donors (Lipinski definition) is 1. The van der Waals surface area contributed by atoms with Gasteiger partial charge in [0, 0.05) is 17.9 Å². The third-order valence-corrected chi connectivity index (χ3v) is 6.12. The van der Waals surface area contributed by atoms with Gasteiger partial charge in [0.05, 0.1) is 22.4 Å². The second-order valence-corrected chi connectivity index (χ2v) is 7.41. The van der Waals surface area contributed by atoms with Crippen molar-refractivity contribution in [2.75, 3.05) is 5.75 Å². The highest BCUT2D eigenvalue weighted by Crippen LogP contribution is 2.51. The highest BCUT2D eigenvalue weighted by atomic mass is 32.2. The zero-order valence-corrected chi connectivity index (χ0v) is 14.8. The molecule has 4 nitrogen and oxygen atoms in total. The molecule has 2 aromatic rings. The summed E-state index contributed by atoms with van der Waals surface area (Å²) in [6, 6.07) is 13.4. The van der Waals surface area contributed by atoms with E-state index in [9.17, 15) is 23.9 Å². The molecule has 2 aliphatic heterocycles. The van der Waals surface area contributed by atoms with Crippen LogP contribution in [0.25, 0.3) is 0 Å². The molecule has 0 radical (unpaired) electrons. The molecule has 0 saturated carbocycles. The topological polar surface area (TPSA) is 64.3 Å². The van der Waals surface area contributed by atoms with Gasteiger partial charge in [0.2, 0.25) is 5.91 Å². The van der Waals surface area contributed by atoms with Crippen molar-refractivity contribution in [1.29, 1.82) is 5.26 Å². The van der Waals surface area contributed by atoms with E-state index < -0.39 is 29.2 Å². The fourth-order valence-corrected chi connectivity index (χ4v) is 4.94. The lowest BCUT2D eigenvalue weighted by atomic mass is 9.85. The van der Waals surface area contributed by atoms with Gasteiger partial charge in [0.15, 0.2) is 5.72 Å². The van der Waals surface area contributed by atoms with Crippen molar-refractivity contribution in [3.8, 4) is 6.07 Å². The van der Waals surface area contributed by atoms with Crippen molar-refractivity contribution in [1.82, 2.24) is 4.90 Å². The second kappa shape index (κ2) is 6.48. The standard InChI is InChI=1S/C20H14F2N2O2S/c21-13-7-5-12(6-8-13)20(26)11-27-19-16(10-23)15(9-18(25)24(19)20)14-3-1-2-4-17(14)22/h1-8,15,26H,9,11H2/t15-,20+/m1/s1. The first-order valence-corrected chi connectivity index (χ1v) is 9.27. The smallest absolute Gasteiger partial charge is 0.231 e. The van der Waals surface area contributed by atoms with Crippen LogP contribution in [0.3, 0.4) is 0 Å². The van der Waals surface area contributed by atoms with Gasteiger partial charge in [-0.05, 0) is 23.8 Å². The molecule has 0 aromatic heterocycles. The predicted molar refractivity (Wildman–Crippen MR) is 96.0 cm³/mol. The number of fused-ring (bicyclic) bond motifs is 1. The SMILES string of the molecule is N#CC1=C2SC[C@](O)(c3ccc(F)cc3)N2C(=O)C[C@@H]1c1ccccc1F. The van der Waals surface area contributed by atoms with Crippen LogP contribution in [0.2, 0.25) is 0 Å². The quantitative estimate of drug-likeness (QED) is 0.859. The first kappa shape index (κ1) is 17.7. The molecule has 4 rings (SSSR count). The normalized spacial score (nSPS) is 24.7. The number of halogens is 2. The van der Waals surface area contributed by atoms with Crippen LogP contribution in [0.15, 0.2) is 59.1 Å². The Morgan fingerprint density at radius 3 is 2.56 bits per heavy atom. The fourth-order valence-electron chi connectivity index (χ4n) is 3.58. The summed E-state index contributed by atoms with van der Waals surface area (Å²) in [6.45, 7) is 0. The Balaban J connectivity index is 1.83. The summed E-state index contributed by atoms with van der Waals surface area (Å²) in [5.41, 5.74) is -0.774. The van der Waals surface area contributed by atoms with Gasteiger partial charge in [-0.25, -0.2) is 8.78 Å². The number of nitrogens with zero attached hydrogens (tertiary/aromatic N) is 2. The lowest BCUT2D eigenvalue weighted by molar-refractivity contribution is -0.149. The highest BCUT2D eigenvalue weighted by Gasteiger charge is 2.52. The lowest BCUT2D eigenvalue weighted by Crippen LogP contribution is -2.48. The molecule has 2 aliphatic rings. The van der Waals surface area contributed by atoms with Gasteiger partial charge >= 0.3 is 0 Å². The number of rotatable bonds is 2. The number of hydrogen-bond acceptors (Lipinski definition) is 4. The van der Waals surface area contributed by atoms with E-state index in [0.29, 0.717) is 10.6 Å². The van der Waals surface area contributed by atoms with Crippen molar-refractivity contribution in [2.24, 2.45) is 0 Å². The number of amides is 1. The number of nitriles is 1. The van der Waals surface area contributed by atoms with Crippen molar-refractivity contribution >= 4 is 17.7 Å². The van der Waals surface area contributed by atoms with Crippen molar-refractivity contribution < 1.29 is 18.7 Å². The van der Waals surface area contributed by atoms with Crippen LogP contribution in [-0.4, -0.2) is 21.7 Å². The van der Waals surface area contributed by atoms with Crippen LogP contribution in [0.1, 0.15) is 23.5 Å². The zero-order chi connectivity index (χ0) is 19.2. The molecule has 27 heavy (non-hydrogen) atoms. The van der Waals surface area contributed by atoms with Crippen LogP contribution in [0.4, 0.5) is 8.78 Å². The van der Waals surface area contributed by atoms with E-state index in [2.05, 4.69) is 6.07 Å². The van der Waals surface area contributed by atoms with Crippen LogP contribution in [0, 0.1) is 23.0 Å². The van der Waals surface area contributed by atoms with Crippen LogP contribution < -0.4 is 0 Å². The Hall–Kier alpha value is -2.69. The van der Waals surface area contributed by atoms with Crippen LogP contribution in [-0.2, 0) is 10.5 Å². The van der Waals surface area contributed by atoms with Crippen molar-refractivity contribution in [3.63, 3.8) is 0 Å². The minimum absolute atomic E-state index is 0.106. The van der Waals surface area contributed by atoms with E-state index in [1.807, 2.05) is 0 Å². The molecule has 1 N–H and O–H groups in total. The summed E-state index contributed by atoms with van der Waals surface area (Å²) in [5.74, 6) is -1.93. The number of thioether (sulfide) groups is 1. The van der Waals surface area contributed by atoms with Gasteiger partial charge in [0.1, 0.15) is 11.6 Å². The Morgan fingerprint density at radius 1 is 1.19 bits per heavy atom. The number of carbonyl (C=O) groups excluding carboxylic acids is 1. The Labute approximate surface area is 158 Å². The maximum Gasteiger partial charge on any atom is 0.231 e. The maximum absolute atomic E-state index is 14.3. The van der Waals surface area contributed by atoms with Gasteiger partial charge < -0.3 is 5.11 Å². The van der Waals surface area contributed by atoms with E-state index in [4.69, 9.17) is 0 Å². The van der Waals surface area contributed by atoms with E-state index in [1.165, 1.54) is 47.0 Å². The monoisotopic (exact) mass is 384 g/mol. The summed E-state index contributed by atoms with van der Waals surface area (Å²) >= 11 is 1.17. The average molecular weight is 384 g/mol.